The monoisotopic (exact) mass is 548 g/mol. The topological polar surface area (TPSA) is 87.7 Å². The van der Waals surface area contributed by atoms with Crippen LogP contribution in [-0.2, 0) is 11.3 Å². The summed E-state index contributed by atoms with van der Waals surface area (Å²) in [7, 11) is 0. The fraction of sp³-hybridized carbons (Fsp3) is 0.452. The van der Waals surface area contributed by atoms with Gasteiger partial charge in [0.25, 0.3) is 0 Å². The lowest BCUT2D eigenvalue weighted by atomic mass is 9.84. The number of imidazole rings is 1. The maximum Gasteiger partial charge on any atom is 0.320 e. The van der Waals surface area contributed by atoms with Crippen molar-refractivity contribution in [3.05, 3.63) is 78.2 Å². The third-order valence-corrected chi connectivity index (χ3v) is 7.34. The SMILES string of the molecule is CC(=O)N1CCN(C(=O)N(CC(F)CN)C(c2nc(-c3ccccc3)cn2Cc2ccccc2)C(C)(C)C)CC1. The van der Waals surface area contributed by atoms with Crippen molar-refractivity contribution in [3.8, 4) is 11.3 Å². The van der Waals surface area contributed by atoms with Crippen LogP contribution in [0.1, 0.15) is 45.1 Å². The Morgan fingerprint density at radius 2 is 1.55 bits per heavy atom. The fourth-order valence-corrected chi connectivity index (χ4v) is 5.27. The number of piperazine rings is 1. The first-order valence-electron chi connectivity index (χ1n) is 13.9. The largest absolute Gasteiger partial charge is 0.339 e. The number of alkyl halides is 1. The van der Waals surface area contributed by atoms with Gasteiger partial charge in [0.1, 0.15) is 12.0 Å². The molecule has 9 heteroatoms. The molecule has 3 amide bonds. The maximum absolute atomic E-state index is 15.0. The Balaban J connectivity index is 1.79. The molecule has 1 aromatic heterocycles. The minimum atomic E-state index is -1.39. The van der Waals surface area contributed by atoms with Gasteiger partial charge in [0.2, 0.25) is 5.91 Å². The number of amides is 3. The number of rotatable bonds is 8. The quantitative estimate of drug-likeness (QED) is 0.447. The van der Waals surface area contributed by atoms with E-state index in [-0.39, 0.29) is 25.0 Å². The minimum absolute atomic E-state index is 0.0140. The number of halogens is 1. The van der Waals surface area contributed by atoms with Crippen molar-refractivity contribution in [2.24, 2.45) is 11.1 Å². The van der Waals surface area contributed by atoms with Crippen LogP contribution in [0.15, 0.2) is 66.9 Å². The molecule has 4 rings (SSSR count). The van der Waals surface area contributed by atoms with Crippen molar-refractivity contribution in [2.75, 3.05) is 39.3 Å². The van der Waals surface area contributed by atoms with Gasteiger partial charge < -0.3 is 25.0 Å². The lowest BCUT2D eigenvalue weighted by Gasteiger charge is -2.44. The zero-order chi connectivity index (χ0) is 28.9. The summed E-state index contributed by atoms with van der Waals surface area (Å²) in [4.78, 5) is 36.2. The van der Waals surface area contributed by atoms with E-state index in [0.717, 1.165) is 16.8 Å². The Hall–Kier alpha value is -3.72. The van der Waals surface area contributed by atoms with Crippen LogP contribution in [0.3, 0.4) is 0 Å². The molecular formula is C31H41FN6O2. The van der Waals surface area contributed by atoms with Gasteiger partial charge in [0.15, 0.2) is 0 Å². The molecule has 0 aliphatic carbocycles. The summed E-state index contributed by atoms with van der Waals surface area (Å²) in [5.41, 5.74) is 8.08. The van der Waals surface area contributed by atoms with E-state index in [1.165, 1.54) is 6.92 Å². The zero-order valence-electron chi connectivity index (χ0n) is 24.0. The van der Waals surface area contributed by atoms with Crippen LogP contribution in [0.5, 0.6) is 0 Å². The van der Waals surface area contributed by atoms with Crippen molar-refractivity contribution in [1.29, 1.82) is 0 Å². The van der Waals surface area contributed by atoms with Crippen LogP contribution < -0.4 is 5.73 Å². The lowest BCUT2D eigenvalue weighted by Crippen LogP contribution is -2.56. The van der Waals surface area contributed by atoms with Gasteiger partial charge in [-0.05, 0) is 11.0 Å². The van der Waals surface area contributed by atoms with Crippen molar-refractivity contribution in [1.82, 2.24) is 24.3 Å². The van der Waals surface area contributed by atoms with E-state index in [4.69, 9.17) is 10.7 Å². The first-order chi connectivity index (χ1) is 19.1. The second kappa shape index (κ2) is 12.6. The second-order valence-corrected chi connectivity index (χ2v) is 11.5. The molecule has 0 spiro atoms. The van der Waals surface area contributed by atoms with Crippen LogP contribution >= 0.6 is 0 Å². The molecule has 0 saturated carbocycles. The molecule has 1 aliphatic heterocycles. The zero-order valence-corrected chi connectivity index (χ0v) is 24.0. The molecule has 1 aliphatic rings. The van der Waals surface area contributed by atoms with E-state index in [9.17, 15) is 9.59 Å². The molecule has 0 bridgehead atoms. The lowest BCUT2D eigenvalue weighted by molar-refractivity contribution is -0.130. The van der Waals surface area contributed by atoms with Crippen LogP contribution in [0.4, 0.5) is 9.18 Å². The van der Waals surface area contributed by atoms with Gasteiger partial charge in [-0.2, -0.15) is 0 Å². The summed E-state index contributed by atoms with van der Waals surface area (Å²) in [5.74, 6) is 0.676. The summed E-state index contributed by atoms with van der Waals surface area (Å²) in [6.45, 7) is 9.57. The minimum Gasteiger partial charge on any atom is -0.339 e. The Morgan fingerprint density at radius 1 is 0.975 bits per heavy atom. The number of benzene rings is 2. The number of nitrogens with zero attached hydrogens (tertiary/aromatic N) is 5. The van der Waals surface area contributed by atoms with Crippen LogP contribution in [0, 0.1) is 5.41 Å². The Kier molecular flexibility index (Phi) is 9.25. The summed E-state index contributed by atoms with van der Waals surface area (Å²) < 4.78 is 17.1. The van der Waals surface area contributed by atoms with Gasteiger partial charge >= 0.3 is 6.03 Å². The average molecular weight is 549 g/mol. The molecule has 1 fully saturated rings. The highest BCUT2D eigenvalue weighted by Gasteiger charge is 2.41. The summed E-state index contributed by atoms with van der Waals surface area (Å²) in [5, 5.41) is 0. The summed E-state index contributed by atoms with van der Waals surface area (Å²) in [6.07, 6.45) is 0.624. The van der Waals surface area contributed by atoms with Crippen LogP contribution in [0.2, 0.25) is 0 Å². The highest BCUT2D eigenvalue weighted by atomic mass is 19.1. The number of aromatic nitrogens is 2. The molecule has 2 N–H and O–H groups in total. The van der Waals surface area contributed by atoms with Gasteiger partial charge in [-0.25, -0.2) is 14.2 Å². The third kappa shape index (κ3) is 6.88. The van der Waals surface area contributed by atoms with Crippen molar-refractivity contribution >= 4 is 11.9 Å². The molecular weight excluding hydrogens is 507 g/mol. The van der Waals surface area contributed by atoms with Crippen molar-refractivity contribution in [2.45, 2.75) is 46.5 Å². The van der Waals surface area contributed by atoms with Crippen LogP contribution in [-0.4, -0.2) is 81.6 Å². The molecule has 2 atom stereocenters. The number of urea groups is 1. The average Bonchev–Trinajstić information content (AvgIpc) is 3.35. The normalized spacial score (nSPS) is 15.6. The number of hydrogen-bond donors (Lipinski definition) is 1. The second-order valence-electron chi connectivity index (χ2n) is 11.5. The third-order valence-electron chi connectivity index (χ3n) is 7.34. The maximum atomic E-state index is 15.0. The van der Waals surface area contributed by atoms with E-state index in [1.54, 1.807) is 14.7 Å². The Labute approximate surface area is 236 Å². The summed E-state index contributed by atoms with van der Waals surface area (Å²) >= 11 is 0. The Morgan fingerprint density at radius 3 is 2.10 bits per heavy atom. The van der Waals surface area contributed by atoms with Crippen molar-refractivity contribution in [3.63, 3.8) is 0 Å². The molecule has 2 heterocycles. The highest BCUT2D eigenvalue weighted by Crippen LogP contribution is 2.40. The highest BCUT2D eigenvalue weighted by molar-refractivity contribution is 5.77. The van der Waals surface area contributed by atoms with Crippen molar-refractivity contribution < 1.29 is 14.0 Å². The smallest absolute Gasteiger partial charge is 0.320 e. The van der Waals surface area contributed by atoms with Gasteiger partial charge in [0, 0.05) is 58.0 Å². The van der Waals surface area contributed by atoms with E-state index in [1.807, 2.05) is 75.5 Å². The molecule has 3 aromatic rings. The van der Waals surface area contributed by atoms with Crippen LogP contribution in [0.25, 0.3) is 11.3 Å². The molecule has 0 radical (unpaired) electrons. The predicted molar refractivity (Wildman–Crippen MR) is 155 cm³/mol. The predicted octanol–water partition coefficient (Wildman–Crippen LogP) is 4.57. The molecule has 2 unspecified atom stereocenters. The van der Waals surface area contributed by atoms with Gasteiger partial charge in [-0.1, -0.05) is 81.4 Å². The standard InChI is InChI=1S/C31H41FN6O2/c1-23(39)35-15-17-36(18-16-35)30(40)38(21-26(32)19-33)28(31(2,3)4)29-34-27(25-13-9-6-10-14-25)22-37(29)20-24-11-7-5-8-12-24/h5-14,22,26,28H,15-21,33H2,1-4H3. The molecule has 214 valence electrons. The fourth-order valence-electron chi connectivity index (χ4n) is 5.27. The summed E-state index contributed by atoms with van der Waals surface area (Å²) in [6, 6.07) is 19.2. The molecule has 2 aromatic carbocycles. The first kappa shape index (κ1) is 29.3. The van der Waals surface area contributed by atoms with E-state index in [0.29, 0.717) is 38.5 Å². The first-order valence-corrected chi connectivity index (χ1v) is 13.9. The number of hydrogen-bond acceptors (Lipinski definition) is 4. The number of carbonyl (C=O) groups is 2. The Bertz CT molecular complexity index is 1270. The van der Waals surface area contributed by atoms with Gasteiger partial charge in [0.05, 0.1) is 18.3 Å². The van der Waals surface area contributed by atoms with E-state index >= 15 is 4.39 Å². The molecule has 40 heavy (non-hydrogen) atoms. The molecule has 8 nitrogen and oxygen atoms in total. The number of nitrogens with two attached hydrogens (primary N) is 1. The number of carbonyl (C=O) groups excluding carboxylic acids is 2. The van der Waals surface area contributed by atoms with Gasteiger partial charge in [-0.3, -0.25) is 4.79 Å². The molecule has 1 saturated heterocycles. The van der Waals surface area contributed by atoms with E-state index < -0.39 is 17.6 Å². The van der Waals surface area contributed by atoms with E-state index in [2.05, 4.69) is 16.7 Å². The van der Waals surface area contributed by atoms with Gasteiger partial charge in [-0.15, -0.1) is 0 Å².